The molecule has 2 aromatic rings. The van der Waals surface area contributed by atoms with Crippen LogP contribution in [0.3, 0.4) is 0 Å². The number of ether oxygens (including phenoxy) is 2. The zero-order chi connectivity index (χ0) is 19.6. The number of nitrogens with one attached hydrogen (secondary N) is 2. The van der Waals surface area contributed by atoms with Crippen molar-refractivity contribution in [3.63, 3.8) is 0 Å². The average Bonchev–Trinajstić information content (AvgIpc) is 2.65. The molecule has 27 heavy (non-hydrogen) atoms. The number of benzene rings is 2. The number of hydrogen-bond donors (Lipinski definition) is 2. The lowest BCUT2D eigenvalue weighted by Gasteiger charge is -2.18. The van der Waals surface area contributed by atoms with Crippen molar-refractivity contribution >= 4 is 33.2 Å². The van der Waals surface area contributed by atoms with Gasteiger partial charge in [-0.1, -0.05) is 11.6 Å². The molecule has 2 aromatic carbocycles. The average molecular weight is 414 g/mol. The summed E-state index contributed by atoms with van der Waals surface area (Å²) in [5, 5.41) is 10.7. The zero-order valence-electron chi connectivity index (χ0n) is 13.5. The molecule has 0 saturated heterocycles. The van der Waals surface area contributed by atoms with E-state index in [0.717, 1.165) is 18.2 Å². The highest BCUT2D eigenvalue weighted by molar-refractivity contribution is 7.89. The number of nitro benzene ring substituents is 1. The van der Waals surface area contributed by atoms with Gasteiger partial charge in [0.1, 0.15) is 18.2 Å². The number of nitrogens with zero attached hydrogens (tertiary/aromatic N) is 1. The van der Waals surface area contributed by atoms with Gasteiger partial charge in [0, 0.05) is 11.6 Å². The monoisotopic (exact) mass is 413 g/mol. The van der Waals surface area contributed by atoms with Crippen LogP contribution < -0.4 is 19.7 Å². The summed E-state index contributed by atoms with van der Waals surface area (Å²) in [6, 6.07) is 7.32. The summed E-state index contributed by atoms with van der Waals surface area (Å²) in [4.78, 5) is 23.7. The number of amides is 1. The van der Waals surface area contributed by atoms with E-state index in [9.17, 15) is 23.3 Å². The van der Waals surface area contributed by atoms with Crippen LogP contribution in [0.4, 0.5) is 5.69 Å². The summed E-state index contributed by atoms with van der Waals surface area (Å²) >= 11 is 5.66. The molecule has 0 fully saturated rings. The van der Waals surface area contributed by atoms with Crippen molar-refractivity contribution in [2.24, 2.45) is 0 Å². The number of carbonyl (C=O) groups is 1. The van der Waals surface area contributed by atoms with Crippen LogP contribution in [0, 0.1) is 10.1 Å². The largest absolute Gasteiger partial charge is 0.486 e. The first-order valence-electron chi connectivity index (χ1n) is 7.44. The van der Waals surface area contributed by atoms with Crippen molar-refractivity contribution in [3.05, 3.63) is 57.1 Å². The van der Waals surface area contributed by atoms with E-state index in [1.807, 2.05) is 10.3 Å². The number of halogens is 1. The van der Waals surface area contributed by atoms with Crippen LogP contribution in [0.2, 0.25) is 5.02 Å². The van der Waals surface area contributed by atoms with E-state index in [4.69, 9.17) is 21.1 Å². The minimum absolute atomic E-state index is 0.129. The molecule has 2 N–H and O–H groups in total. The van der Waals surface area contributed by atoms with Crippen LogP contribution in [-0.4, -0.2) is 32.5 Å². The van der Waals surface area contributed by atoms with E-state index in [-0.39, 0.29) is 10.6 Å². The van der Waals surface area contributed by atoms with Crippen molar-refractivity contribution < 1.29 is 27.6 Å². The lowest BCUT2D eigenvalue weighted by Crippen LogP contribution is -2.41. The third-order valence-electron chi connectivity index (χ3n) is 3.53. The van der Waals surface area contributed by atoms with Gasteiger partial charge in [-0.05, 0) is 30.3 Å². The summed E-state index contributed by atoms with van der Waals surface area (Å²) in [5.74, 6) is 0.0935. The lowest BCUT2D eigenvalue weighted by atomic mass is 10.2. The third-order valence-corrected chi connectivity index (χ3v) is 5.09. The molecule has 0 spiro atoms. The number of nitro groups is 1. The normalized spacial score (nSPS) is 13.1. The second-order valence-corrected chi connectivity index (χ2v) is 7.38. The number of rotatable bonds is 5. The number of sulfonamides is 1. The molecule has 0 unspecified atom stereocenters. The number of carbonyl (C=O) groups excluding carboxylic acids is 1. The third kappa shape index (κ3) is 4.10. The Kier molecular flexibility index (Phi) is 5.17. The van der Waals surface area contributed by atoms with Gasteiger partial charge in [-0.15, -0.1) is 4.83 Å². The van der Waals surface area contributed by atoms with E-state index in [0.29, 0.717) is 24.7 Å². The maximum Gasteiger partial charge on any atom is 0.289 e. The number of hydrogen-bond acceptors (Lipinski definition) is 7. The Morgan fingerprint density at radius 3 is 2.52 bits per heavy atom. The first-order valence-corrected chi connectivity index (χ1v) is 9.30. The van der Waals surface area contributed by atoms with Crippen LogP contribution in [0.1, 0.15) is 10.4 Å². The van der Waals surface area contributed by atoms with Crippen LogP contribution in [0.15, 0.2) is 41.3 Å². The van der Waals surface area contributed by atoms with E-state index < -0.39 is 31.4 Å². The second kappa shape index (κ2) is 7.39. The minimum atomic E-state index is -4.25. The summed E-state index contributed by atoms with van der Waals surface area (Å²) < 4.78 is 35.2. The molecule has 1 amide bonds. The predicted molar refractivity (Wildman–Crippen MR) is 93.3 cm³/mol. The Morgan fingerprint density at radius 1 is 1.11 bits per heavy atom. The van der Waals surface area contributed by atoms with Gasteiger partial charge in [0.25, 0.3) is 21.6 Å². The second-order valence-electron chi connectivity index (χ2n) is 5.29. The van der Waals surface area contributed by atoms with Crippen LogP contribution in [0.5, 0.6) is 11.5 Å². The van der Waals surface area contributed by atoms with Crippen LogP contribution >= 0.6 is 11.6 Å². The molecule has 0 saturated carbocycles. The molecule has 0 aromatic heterocycles. The minimum Gasteiger partial charge on any atom is -0.486 e. The number of hydrazine groups is 1. The van der Waals surface area contributed by atoms with E-state index in [1.54, 1.807) is 0 Å². The zero-order valence-corrected chi connectivity index (χ0v) is 15.0. The molecular weight excluding hydrogens is 402 g/mol. The molecule has 1 aliphatic heterocycles. The van der Waals surface area contributed by atoms with Crippen molar-refractivity contribution in [2.45, 2.75) is 4.90 Å². The summed E-state index contributed by atoms with van der Waals surface area (Å²) in [6.07, 6.45) is 0. The van der Waals surface area contributed by atoms with Gasteiger partial charge in [-0.3, -0.25) is 20.3 Å². The standard InChI is InChI=1S/C15H12ClN3O7S/c16-11-3-2-10(8-12(11)19(21)22)27(23,24)18-17-15(20)9-1-4-13-14(7-9)26-6-5-25-13/h1-4,7-8,18H,5-6H2,(H,17,20). The van der Waals surface area contributed by atoms with Gasteiger partial charge < -0.3 is 9.47 Å². The Morgan fingerprint density at radius 2 is 1.81 bits per heavy atom. The van der Waals surface area contributed by atoms with Crippen molar-refractivity contribution in [1.29, 1.82) is 0 Å². The van der Waals surface area contributed by atoms with Gasteiger partial charge >= 0.3 is 0 Å². The fourth-order valence-corrected chi connectivity index (χ4v) is 3.27. The Hall–Kier alpha value is -2.89. The fraction of sp³-hybridized carbons (Fsp3) is 0.133. The van der Waals surface area contributed by atoms with E-state index in [2.05, 4.69) is 0 Å². The molecule has 3 rings (SSSR count). The Labute approximate surface area is 158 Å². The fourth-order valence-electron chi connectivity index (χ4n) is 2.23. The van der Waals surface area contributed by atoms with Crippen LogP contribution in [-0.2, 0) is 10.0 Å². The first-order chi connectivity index (χ1) is 12.8. The summed E-state index contributed by atoms with van der Waals surface area (Å²) in [7, 11) is -4.25. The maximum absolute atomic E-state index is 12.3. The van der Waals surface area contributed by atoms with Crippen LogP contribution in [0.25, 0.3) is 0 Å². The van der Waals surface area contributed by atoms with Crippen molar-refractivity contribution in [3.8, 4) is 11.5 Å². The van der Waals surface area contributed by atoms with Gasteiger partial charge in [0.15, 0.2) is 11.5 Å². The lowest BCUT2D eigenvalue weighted by molar-refractivity contribution is -0.384. The van der Waals surface area contributed by atoms with Crippen molar-refractivity contribution in [2.75, 3.05) is 13.2 Å². The molecule has 10 nitrogen and oxygen atoms in total. The van der Waals surface area contributed by atoms with E-state index >= 15 is 0 Å². The Bertz CT molecular complexity index is 1030. The number of fused-ring (bicyclic) bond motifs is 1. The highest BCUT2D eigenvalue weighted by Gasteiger charge is 2.22. The SMILES string of the molecule is O=C(NNS(=O)(=O)c1ccc(Cl)c([N+](=O)[O-])c1)c1ccc2c(c1)OCCO2. The summed E-state index contributed by atoms with van der Waals surface area (Å²) in [5.41, 5.74) is 1.59. The molecular formula is C15H12ClN3O7S. The molecule has 0 aliphatic carbocycles. The molecule has 0 radical (unpaired) electrons. The predicted octanol–water partition coefficient (Wildman–Crippen LogP) is 1.64. The smallest absolute Gasteiger partial charge is 0.289 e. The quantitative estimate of drug-likeness (QED) is 0.561. The molecule has 1 aliphatic rings. The topological polar surface area (TPSA) is 137 Å². The van der Waals surface area contributed by atoms with Gasteiger partial charge in [0.2, 0.25) is 0 Å². The molecule has 0 atom stereocenters. The Balaban J connectivity index is 1.74. The molecule has 1 heterocycles. The van der Waals surface area contributed by atoms with Gasteiger partial charge in [-0.25, -0.2) is 8.42 Å². The first kappa shape index (κ1) is 18.9. The molecule has 0 bridgehead atoms. The highest BCUT2D eigenvalue weighted by Crippen LogP contribution is 2.30. The van der Waals surface area contributed by atoms with Gasteiger partial charge in [0.05, 0.1) is 9.82 Å². The van der Waals surface area contributed by atoms with E-state index in [1.165, 1.54) is 18.2 Å². The van der Waals surface area contributed by atoms with Gasteiger partial charge in [-0.2, -0.15) is 0 Å². The summed E-state index contributed by atoms with van der Waals surface area (Å²) in [6.45, 7) is 0.728. The molecule has 142 valence electrons. The highest BCUT2D eigenvalue weighted by atomic mass is 35.5. The maximum atomic E-state index is 12.3. The van der Waals surface area contributed by atoms with Crippen molar-refractivity contribution in [1.82, 2.24) is 10.3 Å². The molecule has 12 heteroatoms.